The molecule has 3 atom stereocenters. The summed E-state index contributed by atoms with van der Waals surface area (Å²) in [5.41, 5.74) is 3.23. The average Bonchev–Trinajstić information content (AvgIpc) is 3.15. The average molecular weight is 311 g/mol. The molecule has 1 saturated carbocycles. The Bertz CT molecular complexity index is 553. The highest BCUT2D eigenvalue weighted by Gasteiger charge is 2.43. The van der Waals surface area contributed by atoms with Gasteiger partial charge in [-0.05, 0) is 62.6 Å². The Hall–Kier alpha value is -1.22. The summed E-state index contributed by atoms with van der Waals surface area (Å²) in [7, 11) is 0. The zero-order valence-corrected chi connectivity index (χ0v) is 13.8. The SMILES string of the molecule is CCOc1c(C)cc(Cl)c(C)c1C(C)CC1CC1C(=O)O. The monoisotopic (exact) mass is 310 g/mol. The number of ether oxygens (including phenoxy) is 1. The van der Waals surface area contributed by atoms with Crippen LogP contribution in [0, 0.1) is 25.7 Å². The first-order valence-corrected chi connectivity index (χ1v) is 7.89. The van der Waals surface area contributed by atoms with Gasteiger partial charge < -0.3 is 9.84 Å². The lowest BCUT2D eigenvalue weighted by atomic mass is 9.89. The van der Waals surface area contributed by atoms with E-state index in [0.717, 1.165) is 40.3 Å². The van der Waals surface area contributed by atoms with E-state index >= 15 is 0 Å². The van der Waals surface area contributed by atoms with E-state index in [0.29, 0.717) is 6.61 Å². The number of hydrogen-bond donors (Lipinski definition) is 1. The zero-order valence-electron chi connectivity index (χ0n) is 13.1. The van der Waals surface area contributed by atoms with Crippen LogP contribution in [0.3, 0.4) is 0 Å². The summed E-state index contributed by atoms with van der Waals surface area (Å²) in [5, 5.41) is 9.80. The van der Waals surface area contributed by atoms with Gasteiger partial charge in [-0.1, -0.05) is 18.5 Å². The van der Waals surface area contributed by atoms with Crippen molar-refractivity contribution in [2.24, 2.45) is 11.8 Å². The molecule has 1 aromatic carbocycles. The van der Waals surface area contributed by atoms with Crippen molar-refractivity contribution >= 4 is 17.6 Å². The first kappa shape index (κ1) is 16.2. The quantitative estimate of drug-likeness (QED) is 0.837. The Balaban J connectivity index is 2.27. The van der Waals surface area contributed by atoms with E-state index < -0.39 is 5.97 Å². The molecule has 2 rings (SSSR count). The maximum Gasteiger partial charge on any atom is 0.306 e. The molecule has 0 bridgehead atoms. The highest BCUT2D eigenvalue weighted by atomic mass is 35.5. The predicted molar refractivity (Wildman–Crippen MR) is 84.4 cm³/mol. The van der Waals surface area contributed by atoms with Crippen LogP contribution in [-0.4, -0.2) is 17.7 Å². The number of hydrogen-bond acceptors (Lipinski definition) is 2. The van der Waals surface area contributed by atoms with Crippen molar-refractivity contribution in [1.82, 2.24) is 0 Å². The van der Waals surface area contributed by atoms with Gasteiger partial charge in [0.1, 0.15) is 5.75 Å². The van der Waals surface area contributed by atoms with Gasteiger partial charge in [0.2, 0.25) is 0 Å². The molecule has 0 radical (unpaired) electrons. The van der Waals surface area contributed by atoms with Crippen molar-refractivity contribution in [3.05, 3.63) is 27.8 Å². The fraction of sp³-hybridized carbons (Fsp3) is 0.588. The minimum atomic E-state index is -0.670. The Morgan fingerprint density at radius 1 is 1.52 bits per heavy atom. The van der Waals surface area contributed by atoms with Crippen LogP contribution in [0.5, 0.6) is 5.75 Å². The highest BCUT2D eigenvalue weighted by Crippen LogP contribution is 2.47. The smallest absolute Gasteiger partial charge is 0.306 e. The Kier molecular flexibility index (Phi) is 4.82. The molecule has 1 aromatic rings. The van der Waals surface area contributed by atoms with E-state index in [9.17, 15) is 4.79 Å². The van der Waals surface area contributed by atoms with Crippen molar-refractivity contribution < 1.29 is 14.6 Å². The molecule has 3 unspecified atom stereocenters. The van der Waals surface area contributed by atoms with Gasteiger partial charge in [0, 0.05) is 10.6 Å². The van der Waals surface area contributed by atoms with Gasteiger partial charge in [0.25, 0.3) is 0 Å². The summed E-state index contributed by atoms with van der Waals surface area (Å²) in [4.78, 5) is 11.0. The summed E-state index contributed by atoms with van der Waals surface area (Å²) < 4.78 is 5.83. The predicted octanol–water partition coefficient (Wildman–Crippen LogP) is 4.57. The van der Waals surface area contributed by atoms with Crippen molar-refractivity contribution in [2.75, 3.05) is 6.61 Å². The van der Waals surface area contributed by atoms with Crippen molar-refractivity contribution in [3.63, 3.8) is 0 Å². The number of aliphatic carboxylic acids is 1. The Morgan fingerprint density at radius 2 is 2.19 bits per heavy atom. The van der Waals surface area contributed by atoms with Crippen molar-refractivity contribution in [1.29, 1.82) is 0 Å². The molecule has 21 heavy (non-hydrogen) atoms. The molecule has 3 nitrogen and oxygen atoms in total. The maximum atomic E-state index is 11.0. The molecule has 1 aliphatic carbocycles. The molecule has 1 aliphatic rings. The van der Waals surface area contributed by atoms with E-state index in [1.807, 2.05) is 26.8 Å². The second-order valence-corrected chi connectivity index (χ2v) is 6.46. The number of rotatable bonds is 6. The number of carboxylic acid groups (broad SMARTS) is 1. The van der Waals surface area contributed by atoms with Gasteiger partial charge in [0.15, 0.2) is 0 Å². The molecule has 0 saturated heterocycles. The minimum absolute atomic E-state index is 0.163. The topological polar surface area (TPSA) is 46.5 Å². The molecule has 0 aromatic heterocycles. The molecular formula is C17H23ClO3. The second kappa shape index (κ2) is 6.27. The van der Waals surface area contributed by atoms with Gasteiger partial charge in [-0.15, -0.1) is 0 Å². The Morgan fingerprint density at radius 3 is 2.71 bits per heavy atom. The van der Waals surface area contributed by atoms with E-state index in [2.05, 4.69) is 6.92 Å². The van der Waals surface area contributed by atoms with Crippen LogP contribution in [-0.2, 0) is 4.79 Å². The van der Waals surface area contributed by atoms with Crippen LogP contribution in [0.4, 0.5) is 0 Å². The number of benzene rings is 1. The first-order chi connectivity index (χ1) is 9.86. The molecule has 0 aliphatic heterocycles. The third kappa shape index (κ3) is 3.34. The maximum absolute atomic E-state index is 11.0. The number of aryl methyl sites for hydroxylation is 1. The minimum Gasteiger partial charge on any atom is -0.493 e. The standard InChI is InChI=1S/C17H23ClO3/c1-5-21-16-10(3)7-14(18)11(4)15(16)9(2)6-12-8-13(12)17(19)20/h7,9,12-13H,5-6,8H2,1-4H3,(H,19,20). The number of halogens is 1. The fourth-order valence-electron chi connectivity index (χ4n) is 3.19. The number of carboxylic acids is 1. The van der Waals surface area contributed by atoms with Crippen LogP contribution in [0.15, 0.2) is 6.07 Å². The van der Waals surface area contributed by atoms with Crippen LogP contribution < -0.4 is 4.74 Å². The lowest BCUT2D eigenvalue weighted by Gasteiger charge is -2.22. The molecule has 0 spiro atoms. The van der Waals surface area contributed by atoms with E-state index in [-0.39, 0.29) is 17.8 Å². The van der Waals surface area contributed by atoms with Crippen LogP contribution in [0.2, 0.25) is 5.02 Å². The lowest BCUT2D eigenvalue weighted by molar-refractivity contribution is -0.138. The summed E-state index contributed by atoms with van der Waals surface area (Å²) >= 11 is 6.32. The fourth-order valence-corrected chi connectivity index (χ4v) is 3.45. The third-order valence-electron chi connectivity index (χ3n) is 4.39. The normalized spacial score (nSPS) is 22.0. The van der Waals surface area contributed by atoms with E-state index in [4.69, 9.17) is 21.4 Å². The summed E-state index contributed by atoms with van der Waals surface area (Å²) in [5.74, 6) is 0.614. The van der Waals surface area contributed by atoms with E-state index in [1.54, 1.807) is 0 Å². The second-order valence-electron chi connectivity index (χ2n) is 6.05. The molecule has 0 heterocycles. The summed E-state index contributed by atoms with van der Waals surface area (Å²) in [6.45, 7) is 8.74. The van der Waals surface area contributed by atoms with Gasteiger partial charge in [-0.25, -0.2) is 0 Å². The number of carbonyl (C=O) groups is 1. The highest BCUT2D eigenvalue weighted by molar-refractivity contribution is 6.31. The van der Waals surface area contributed by atoms with Crippen molar-refractivity contribution in [2.45, 2.75) is 46.5 Å². The van der Waals surface area contributed by atoms with E-state index in [1.165, 1.54) is 0 Å². The third-order valence-corrected chi connectivity index (χ3v) is 4.78. The van der Waals surface area contributed by atoms with Crippen LogP contribution >= 0.6 is 11.6 Å². The van der Waals surface area contributed by atoms with Gasteiger partial charge >= 0.3 is 5.97 Å². The molecule has 1 fully saturated rings. The molecule has 116 valence electrons. The first-order valence-electron chi connectivity index (χ1n) is 7.51. The summed E-state index contributed by atoms with van der Waals surface area (Å²) in [6.07, 6.45) is 1.67. The van der Waals surface area contributed by atoms with Crippen LogP contribution in [0.25, 0.3) is 0 Å². The molecule has 4 heteroatoms. The van der Waals surface area contributed by atoms with Gasteiger partial charge in [0.05, 0.1) is 12.5 Å². The van der Waals surface area contributed by atoms with Crippen molar-refractivity contribution in [3.8, 4) is 5.75 Å². The molecule has 1 N–H and O–H groups in total. The van der Waals surface area contributed by atoms with Gasteiger partial charge in [-0.3, -0.25) is 4.79 Å². The zero-order chi connectivity index (χ0) is 15.7. The molecule has 0 amide bonds. The Labute approximate surface area is 131 Å². The van der Waals surface area contributed by atoms with Gasteiger partial charge in [-0.2, -0.15) is 0 Å². The van der Waals surface area contributed by atoms with Crippen LogP contribution in [0.1, 0.15) is 49.3 Å². The summed E-state index contributed by atoms with van der Waals surface area (Å²) in [6, 6.07) is 1.94. The lowest BCUT2D eigenvalue weighted by Crippen LogP contribution is -2.07. The largest absolute Gasteiger partial charge is 0.493 e. The molecular weight excluding hydrogens is 288 g/mol.